The third kappa shape index (κ3) is 4.21. The number of benzene rings is 4. The highest BCUT2D eigenvalue weighted by atomic mass is 35.5. The number of rotatable bonds is 6. The van der Waals surface area contributed by atoms with E-state index in [0.717, 1.165) is 38.5 Å². The van der Waals surface area contributed by atoms with Crippen LogP contribution in [0.2, 0.25) is 5.02 Å². The Kier molecular flexibility index (Phi) is 5.67. The first kappa shape index (κ1) is 22.0. The number of hydrogen-bond donors (Lipinski definition) is 2. The number of fused-ring (bicyclic) bond motifs is 3. The summed E-state index contributed by atoms with van der Waals surface area (Å²) < 4.78 is 2.27. The number of nitrogens with zero attached hydrogens (tertiary/aromatic N) is 4. The van der Waals surface area contributed by atoms with E-state index in [4.69, 9.17) is 11.6 Å². The van der Waals surface area contributed by atoms with Crippen LogP contribution in [0.4, 0.5) is 0 Å². The molecule has 7 nitrogen and oxygen atoms in total. The second-order valence-electron chi connectivity index (χ2n) is 8.58. The maximum Gasteiger partial charge on any atom is 0.251 e. The molecule has 0 atom stereocenters. The highest BCUT2D eigenvalue weighted by Crippen LogP contribution is 2.32. The van der Waals surface area contributed by atoms with Crippen molar-refractivity contribution in [2.24, 2.45) is 0 Å². The summed E-state index contributed by atoms with van der Waals surface area (Å²) in [6.45, 7) is 1.07. The molecule has 6 rings (SSSR count). The van der Waals surface area contributed by atoms with E-state index in [1.165, 1.54) is 0 Å². The van der Waals surface area contributed by atoms with Crippen molar-refractivity contribution in [2.75, 3.05) is 0 Å². The van der Waals surface area contributed by atoms with E-state index in [9.17, 15) is 4.79 Å². The monoisotopic (exact) mass is 492 g/mol. The van der Waals surface area contributed by atoms with E-state index in [-0.39, 0.29) is 5.91 Å². The van der Waals surface area contributed by atoms with Crippen LogP contribution in [0.15, 0.2) is 91.0 Å². The van der Waals surface area contributed by atoms with Crippen molar-refractivity contribution >= 4 is 39.3 Å². The molecule has 176 valence electrons. The van der Waals surface area contributed by atoms with Gasteiger partial charge in [-0.2, -0.15) is 5.21 Å². The Bertz CT molecular complexity index is 1690. The van der Waals surface area contributed by atoms with E-state index in [1.54, 1.807) is 0 Å². The number of para-hydroxylation sites is 1. The molecule has 0 bridgehead atoms. The standard InChI is InChI=1S/C28H21ClN6O/c29-22-11-8-18(9-12-22)16-30-28(36)21-5-3-4-19(14-21)17-35-25-7-2-1-6-23(25)24-15-20(10-13-26(24)35)27-31-33-34-32-27/h1-15H,16-17H2,(H,30,36)(H,31,32,33,34). The van der Waals surface area contributed by atoms with Gasteiger partial charge in [0, 0.05) is 51.0 Å². The first-order valence-corrected chi connectivity index (χ1v) is 11.9. The van der Waals surface area contributed by atoms with Crippen LogP contribution in [0.1, 0.15) is 21.5 Å². The van der Waals surface area contributed by atoms with Crippen molar-refractivity contribution in [3.8, 4) is 11.4 Å². The number of hydrogen-bond acceptors (Lipinski definition) is 4. The lowest BCUT2D eigenvalue weighted by Gasteiger charge is -2.10. The summed E-state index contributed by atoms with van der Waals surface area (Å²) in [5, 5.41) is 20.3. The molecule has 0 spiro atoms. The second kappa shape index (κ2) is 9.28. The van der Waals surface area contributed by atoms with Crippen molar-refractivity contribution < 1.29 is 4.79 Å². The lowest BCUT2D eigenvalue weighted by atomic mass is 10.1. The number of amides is 1. The first-order valence-electron chi connectivity index (χ1n) is 11.5. The van der Waals surface area contributed by atoms with E-state index in [1.807, 2.05) is 66.7 Å². The minimum absolute atomic E-state index is 0.112. The molecule has 0 saturated heterocycles. The molecule has 0 saturated carbocycles. The van der Waals surface area contributed by atoms with Gasteiger partial charge in [0.1, 0.15) is 0 Å². The Morgan fingerprint density at radius 1 is 0.861 bits per heavy atom. The third-order valence-electron chi connectivity index (χ3n) is 6.27. The first-order chi connectivity index (χ1) is 17.7. The van der Waals surface area contributed by atoms with E-state index in [0.29, 0.717) is 29.5 Å². The zero-order chi connectivity index (χ0) is 24.5. The smallest absolute Gasteiger partial charge is 0.251 e. The lowest BCUT2D eigenvalue weighted by molar-refractivity contribution is 0.0951. The topological polar surface area (TPSA) is 88.5 Å². The molecule has 0 aliphatic rings. The normalized spacial score (nSPS) is 11.2. The number of H-pyrrole nitrogens is 1. The molecule has 6 aromatic rings. The van der Waals surface area contributed by atoms with Crippen molar-refractivity contribution in [3.05, 3.63) is 113 Å². The summed E-state index contributed by atoms with van der Waals surface area (Å²) in [6, 6.07) is 29.7. The number of aromatic nitrogens is 5. The fourth-order valence-corrected chi connectivity index (χ4v) is 4.65. The molecule has 36 heavy (non-hydrogen) atoms. The van der Waals surface area contributed by atoms with Gasteiger partial charge in [0.25, 0.3) is 5.91 Å². The maximum absolute atomic E-state index is 12.9. The number of halogens is 1. The third-order valence-corrected chi connectivity index (χ3v) is 6.52. The van der Waals surface area contributed by atoms with Gasteiger partial charge in [0.2, 0.25) is 5.82 Å². The number of nitrogens with one attached hydrogen (secondary N) is 2. The van der Waals surface area contributed by atoms with Gasteiger partial charge in [0.05, 0.1) is 0 Å². The fraction of sp³-hybridized carbons (Fsp3) is 0.0714. The minimum atomic E-state index is -0.112. The van der Waals surface area contributed by atoms with Gasteiger partial charge in [0.15, 0.2) is 0 Å². The van der Waals surface area contributed by atoms with Crippen LogP contribution in [0.3, 0.4) is 0 Å². The zero-order valence-corrected chi connectivity index (χ0v) is 19.9. The van der Waals surface area contributed by atoms with Gasteiger partial charge in [-0.3, -0.25) is 4.79 Å². The van der Waals surface area contributed by atoms with Crippen LogP contribution in [0.25, 0.3) is 33.2 Å². The Labute approximate surface area is 211 Å². The average Bonchev–Trinajstić information content (AvgIpc) is 3.56. The van der Waals surface area contributed by atoms with Crippen LogP contribution in [0, 0.1) is 0 Å². The molecule has 0 aliphatic heterocycles. The second-order valence-corrected chi connectivity index (χ2v) is 9.02. The van der Waals surface area contributed by atoms with E-state index in [2.05, 4.69) is 54.8 Å². The molecule has 4 aromatic carbocycles. The molecule has 0 fully saturated rings. The number of carbonyl (C=O) groups excluding carboxylic acids is 1. The van der Waals surface area contributed by atoms with Gasteiger partial charge in [-0.1, -0.05) is 54.1 Å². The molecule has 2 heterocycles. The van der Waals surface area contributed by atoms with Crippen LogP contribution in [0.5, 0.6) is 0 Å². The molecular formula is C28H21ClN6O. The Morgan fingerprint density at radius 3 is 2.53 bits per heavy atom. The molecule has 0 radical (unpaired) electrons. The molecule has 1 amide bonds. The Hall–Kier alpha value is -4.49. The van der Waals surface area contributed by atoms with Gasteiger partial charge in [-0.05, 0) is 64.9 Å². The maximum atomic E-state index is 12.9. The summed E-state index contributed by atoms with van der Waals surface area (Å²) in [5.41, 5.74) is 5.78. The van der Waals surface area contributed by atoms with Crippen molar-refractivity contribution in [1.82, 2.24) is 30.5 Å². The molecule has 0 aliphatic carbocycles. The largest absolute Gasteiger partial charge is 0.348 e. The molecule has 0 unspecified atom stereocenters. The zero-order valence-electron chi connectivity index (χ0n) is 19.1. The summed E-state index contributed by atoms with van der Waals surface area (Å²) in [7, 11) is 0. The van der Waals surface area contributed by atoms with Crippen LogP contribution >= 0.6 is 11.6 Å². The summed E-state index contributed by atoms with van der Waals surface area (Å²) >= 11 is 5.95. The number of carbonyl (C=O) groups is 1. The summed E-state index contributed by atoms with van der Waals surface area (Å²) in [5.74, 6) is 0.449. The minimum Gasteiger partial charge on any atom is -0.348 e. The van der Waals surface area contributed by atoms with Crippen LogP contribution in [-0.2, 0) is 13.1 Å². The Morgan fingerprint density at radius 2 is 1.69 bits per heavy atom. The van der Waals surface area contributed by atoms with Gasteiger partial charge in [-0.15, -0.1) is 10.2 Å². The molecular weight excluding hydrogens is 472 g/mol. The summed E-state index contributed by atoms with van der Waals surface area (Å²) in [6.07, 6.45) is 0. The van der Waals surface area contributed by atoms with Crippen molar-refractivity contribution in [1.29, 1.82) is 0 Å². The van der Waals surface area contributed by atoms with Crippen LogP contribution < -0.4 is 5.32 Å². The highest BCUT2D eigenvalue weighted by molar-refractivity contribution is 6.30. The average molecular weight is 493 g/mol. The lowest BCUT2D eigenvalue weighted by Crippen LogP contribution is -2.22. The van der Waals surface area contributed by atoms with E-state index < -0.39 is 0 Å². The predicted molar refractivity (Wildman–Crippen MR) is 141 cm³/mol. The fourth-order valence-electron chi connectivity index (χ4n) is 4.53. The quantitative estimate of drug-likeness (QED) is 0.316. The van der Waals surface area contributed by atoms with Gasteiger partial charge >= 0.3 is 0 Å². The number of aromatic amines is 1. The van der Waals surface area contributed by atoms with Crippen molar-refractivity contribution in [3.63, 3.8) is 0 Å². The van der Waals surface area contributed by atoms with Crippen molar-refractivity contribution in [2.45, 2.75) is 13.1 Å². The predicted octanol–water partition coefficient (Wildman–Crippen LogP) is 5.61. The number of tetrazole rings is 1. The summed E-state index contributed by atoms with van der Waals surface area (Å²) in [4.78, 5) is 12.9. The van der Waals surface area contributed by atoms with E-state index >= 15 is 0 Å². The molecule has 2 aromatic heterocycles. The SMILES string of the molecule is O=C(NCc1ccc(Cl)cc1)c1cccc(Cn2c3ccccc3c3cc(-c4nn[nH]n4)ccc32)c1. The van der Waals surface area contributed by atoms with Gasteiger partial charge in [-0.25, -0.2) is 0 Å². The van der Waals surface area contributed by atoms with Gasteiger partial charge < -0.3 is 9.88 Å². The highest BCUT2D eigenvalue weighted by Gasteiger charge is 2.14. The molecule has 8 heteroatoms. The molecule has 2 N–H and O–H groups in total. The Balaban J connectivity index is 1.30. The van der Waals surface area contributed by atoms with Crippen LogP contribution in [-0.4, -0.2) is 31.1 Å².